The van der Waals surface area contributed by atoms with E-state index in [1.165, 1.54) is 47.6 Å². The second-order valence-corrected chi connectivity index (χ2v) is 19.4. The largest absolute Gasteiger partial charge is 0.469 e. The Morgan fingerprint density at radius 2 is 1.21 bits per heavy atom. The number of likely N-dealkylation sites (N-methyl/N-ethyl adjacent to an activating group) is 1. The maximum absolute atomic E-state index is 13.9. The molecule has 2 aromatic carbocycles. The first-order chi connectivity index (χ1) is 29.8. The Hall–Kier alpha value is -4.90. The van der Waals surface area contributed by atoms with Crippen LogP contribution in [0.15, 0.2) is 58.8 Å². The van der Waals surface area contributed by atoms with Gasteiger partial charge in [0.15, 0.2) is 0 Å². The number of ether oxygens (including phenoxy) is 2. The average molecular weight is 844 g/mol. The highest BCUT2D eigenvalue weighted by molar-refractivity contribution is 6.05. The minimum absolute atomic E-state index is 0.0242. The predicted molar refractivity (Wildman–Crippen MR) is 243 cm³/mol. The molecule has 5 aliphatic heterocycles. The third-order valence-corrected chi connectivity index (χ3v) is 15.0. The average Bonchev–Trinajstić information content (AvgIpc) is 4.13. The van der Waals surface area contributed by atoms with Crippen molar-refractivity contribution in [2.75, 3.05) is 47.4 Å². The molecule has 0 bridgehead atoms. The van der Waals surface area contributed by atoms with Gasteiger partial charge in [-0.15, -0.1) is 0 Å². The van der Waals surface area contributed by atoms with Crippen molar-refractivity contribution in [2.24, 2.45) is 33.7 Å². The second kappa shape index (κ2) is 18.1. The van der Waals surface area contributed by atoms with Crippen molar-refractivity contribution in [3.63, 3.8) is 0 Å². The van der Waals surface area contributed by atoms with Crippen molar-refractivity contribution in [3.8, 4) is 11.1 Å². The second-order valence-electron chi connectivity index (χ2n) is 19.4. The molecule has 6 aliphatic rings. The van der Waals surface area contributed by atoms with Crippen molar-refractivity contribution in [1.29, 1.82) is 0 Å². The fourth-order valence-corrected chi connectivity index (χ4v) is 11.5. The van der Waals surface area contributed by atoms with Gasteiger partial charge in [0.05, 0.1) is 51.0 Å². The van der Waals surface area contributed by atoms with Crippen LogP contribution in [-0.4, -0.2) is 109 Å². The van der Waals surface area contributed by atoms with E-state index in [2.05, 4.69) is 54.5 Å². The highest BCUT2D eigenvalue weighted by Gasteiger charge is 2.46. The highest BCUT2D eigenvalue weighted by Crippen LogP contribution is 2.52. The van der Waals surface area contributed by atoms with E-state index in [1.54, 1.807) is 0 Å². The predicted octanol–water partition coefficient (Wildman–Crippen LogP) is 7.90. The summed E-state index contributed by atoms with van der Waals surface area (Å²) in [6.45, 7) is 11.5. The summed E-state index contributed by atoms with van der Waals surface area (Å²) < 4.78 is 9.88. The lowest BCUT2D eigenvalue weighted by molar-refractivity contribution is -0.148. The Morgan fingerprint density at radius 1 is 0.694 bits per heavy atom. The van der Waals surface area contributed by atoms with Gasteiger partial charge in [-0.3, -0.25) is 29.2 Å². The van der Waals surface area contributed by atoms with Gasteiger partial charge >= 0.3 is 11.9 Å². The normalized spacial score (nSPS) is 24.4. The summed E-state index contributed by atoms with van der Waals surface area (Å²) in [5, 5.41) is 0. The zero-order valence-electron chi connectivity index (χ0n) is 37.9. The van der Waals surface area contributed by atoms with Crippen molar-refractivity contribution in [3.05, 3.63) is 71.1 Å². The maximum atomic E-state index is 13.9. The summed E-state index contributed by atoms with van der Waals surface area (Å²) in [7, 11) is 5.00. The van der Waals surface area contributed by atoms with Gasteiger partial charge in [0.1, 0.15) is 0 Å². The summed E-state index contributed by atoms with van der Waals surface area (Å²) in [6.07, 6.45) is 12.6. The number of fused-ring (bicyclic) bond motifs is 2. The lowest BCUT2D eigenvalue weighted by Gasteiger charge is -2.30. The van der Waals surface area contributed by atoms with Gasteiger partial charge in [-0.1, -0.05) is 64.1 Å². The van der Waals surface area contributed by atoms with Crippen LogP contribution in [0.1, 0.15) is 114 Å². The van der Waals surface area contributed by atoms with E-state index in [4.69, 9.17) is 19.5 Å². The van der Waals surface area contributed by atoms with E-state index in [0.717, 1.165) is 87.0 Å². The number of nitrogens with zero attached hydrogens (tertiary/aromatic N) is 5. The number of methoxy groups -OCH3 is 2. The van der Waals surface area contributed by atoms with Crippen molar-refractivity contribution in [1.82, 2.24) is 14.7 Å². The van der Waals surface area contributed by atoms with Gasteiger partial charge in [0, 0.05) is 61.7 Å². The molecular formula is C51H65N5O6. The first-order valence-corrected chi connectivity index (χ1v) is 23.0. The number of amides is 2. The van der Waals surface area contributed by atoms with Crippen molar-refractivity contribution < 1.29 is 28.7 Å². The number of benzene rings is 2. The van der Waals surface area contributed by atoms with E-state index >= 15 is 0 Å². The van der Waals surface area contributed by atoms with E-state index in [0.29, 0.717) is 19.5 Å². The van der Waals surface area contributed by atoms with Gasteiger partial charge in [-0.25, -0.2) is 0 Å². The van der Waals surface area contributed by atoms with Crippen LogP contribution in [0.5, 0.6) is 0 Å². The standard InChI is InChI=1S/C51H65N5O6/c1-31(2)40(26-46(57)61-6)49(59)55-21-8-10-44(55)42-24-35(28-52-42)33-12-14-34(15-13-33)38-17-16-37(39-18-19-51(48(38)39)20-23-54(5)30-51)36-25-43(53-29-36)45-11-9-22-56(45)50(60)41(32(3)4)27-47(58)62-7/h12-17,28-29,31-32,40-41,44-45H,8-11,18-27,30H2,1-7H3/t40-,41-,44-,45-,51?/m0/s1. The molecule has 11 nitrogen and oxygen atoms in total. The van der Waals surface area contributed by atoms with E-state index in [1.807, 2.05) is 43.7 Å². The van der Waals surface area contributed by atoms with E-state index < -0.39 is 11.8 Å². The van der Waals surface area contributed by atoms with Crippen LogP contribution in [0.25, 0.3) is 22.3 Å². The van der Waals surface area contributed by atoms with Crippen LogP contribution in [0.4, 0.5) is 0 Å². The smallest absolute Gasteiger partial charge is 0.306 e. The quantitative estimate of drug-likeness (QED) is 0.188. The monoisotopic (exact) mass is 843 g/mol. The molecule has 3 fully saturated rings. The molecule has 62 heavy (non-hydrogen) atoms. The fraction of sp³-hybridized carbons (Fsp3) is 0.569. The minimum Gasteiger partial charge on any atom is -0.469 e. The Balaban J connectivity index is 0.991. The van der Waals surface area contributed by atoms with Gasteiger partial charge in [-0.05, 0) is 115 Å². The van der Waals surface area contributed by atoms with Gasteiger partial charge in [0.25, 0.3) is 0 Å². The number of aliphatic imine (C=N–C) groups is 2. The number of esters is 2. The minimum atomic E-state index is -0.409. The molecule has 3 saturated heterocycles. The molecule has 0 N–H and O–H groups in total. The van der Waals surface area contributed by atoms with Crippen molar-refractivity contribution in [2.45, 2.75) is 116 Å². The molecule has 1 aliphatic carbocycles. The Bertz CT molecular complexity index is 2220. The molecule has 0 saturated carbocycles. The van der Waals surface area contributed by atoms with Crippen LogP contribution in [-0.2, 0) is 40.5 Å². The van der Waals surface area contributed by atoms with Gasteiger partial charge < -0.3 is 24.2 Å². The van der Waals surface area contributed by atoms with Crippen LogP contribution in [0.2, 0.25) is 0 Å². The molecule has 330 valence electrons. The first-order valence-electron chi connectivity index (χ1n) is 23.0. The summed E-state index contributed by atoms with van der Waals surface area (Å²) in [5.74, 6) is -1.40. The third kappa shape index (κ3) is 8.33. The molecule has 2 aromatic rings. The molecule has 1 unspecified atom stereocenters. The van der Waals surface area contributed by atoms with E-state index in [9.17, 15) is 19.2 Å². The maximum Gasteiger partial charge on any atom is 0.306 e. The summed E-state index contributed by atoms with van der Waals surface area (Å²) >= 11 is 0. The lowest BCUT2D eigenvalue weighted by atomic mass is 9.76. The molecular weight excluding hydrogens is 779 g/mol. The molecule has 5 heterocycles. The Morgan fingerprint density at radius 3 is 1.73 bits per heavy atom. The SMILES string of the molecule is COC(=O)C[C@H](C(=O)N1CCC[C@H]1C1=NC=C(c2ccc(-c3ccc(C4=CN=C([C@@H]5CCCN5C(=O)[C@@H](CC(=O)OC)C(C)C)C4)c4c3C3(CC4)CCN(C)C3)cc2)C1)C(C)C. The molecule has 11 heteroatoms. The third-order valence-electron chi connectivity index (χ3n) is 15.0. The molecule has 1 spiro atoms. The molecule has 2 amide bonds. The number of carbonyl (C=O) groups excluding carboxylic acids is 4. The molecule has 5 atom stereocenters. The number of likely N-dealkylation sites (tertiary alicyclic amines) is 3. The van der Waals surface area contributed by atoms with Crippen LogP contribution >= 0.6 is 0 Å². The number of hydrogen-bond acceptors (Lipinski definition) is 9. The van der Waals surface area contributed by atoms with Crippen LogP contribution in [0.3, 0.4) is 0 Å². The van der Waals surface area contributed by atoms with Gasteiger partial charge in [-0.2, -0.15) is 0 Å². The van der Waals surface area contributed by atoms with Crippen LogP contribution < -0.4 is 0 Å². The van der Waals surface area contributed by atoms with E-state index in [-0.39, 0.29) is 65.9 Å². The highest BCUT2D eigenvalue weighted by atomic mass is 16.5. The Labute approximate surface area is 367 Å². The lowest BCUT2D eigenvalue weighted by Crippen LogP contribution is -2.45. The summed E-state index contributed by atoms with van der Waals surface area (Å²) in [4.78, 5) is 68.5. The zero-order chi connectivity index (χ0) is 43.9. The summed E-state index contributed by atoms with van der Waals surface area (Å²) in [6, 6.07) is 13.5. The number of rotatable bonds is 13. The zero-order valence-corrected chi connectivity index (χ0v) is 37.9. The van der Waals surface area contributed by atoms with Crippen molar-refractivity contribution >= 4 is 46.3 Å². The number of hydrogen-bond donors (Lipinski definition) is 0. The number of carbonyl (C=O) groups is 4. The topological polar surface area (TPSA) is 121 Å². The molecule has 0 aromatic heterocycles. The molecule has 8 rings (SSSR count). The summed E-state index contributed by atoms with van der Waals surface area (Å²) in [5.41, 5.74) is 12.5. The first kappa shape index (κ1) is 43.7. The number of allylic oxidation sites excluding steroid dienone is 2. The van der Waals surface area contributed by atoms with Crippen LogP contribution in [0, 0.1) is 23.7 Å². The van der Waals surface area contributed by atoms with Gasteiger partial charge in [0.2, 0.25) is 11.8 Å². The Kier molecular flexibility index (Phi) is 12.7. The molecule has 0 radical (unpaired) electrons. The fourth-order valence-electron chi connectivity index (χ4n) is 11.5.